The highest BCUT2D eigenvalue weighted by Crippen LogP contribution is 2.36. The molecule has 1 aliphatic rings. The van der Waals surface area contributed by atoms with Gasteiger partial charge in [-0.05, 0) is 75.1 Å². The van der Waals surface area contributed by atoms with Crippen molar-refractivity contribution in [2.45, 2.75) is 57.4 Å². The van der Waals surface area contributed by atoms with E-state index < -0.39 is 21.8 Å². The predicted octanol–water partition coefficient (Wildman–Crippen LogP) is 4.63. The van der Waals surface area contributed by atoms with E-state index >= 15 is 0 Å². The van der Waals surface area contributed by atoms with E-state index in [9.17, 15) is 27.5 Å². The average Bonchev–Trinajstić information content (AvgIpc) is 3.62. The van der Waals surface area contributed by atoms with Gasteiger partial charge >= 0.3 is 5.97 Å². The summed E-state index contributed by atoms with van der Waals surface area (Å²) in [7, 11) is -4.06. The summed E-state index contributed by atoms with van der Waals surface area (Å²) in [4.78, 5) is 24.2. The molecule has 1 heterocycles. The Morgan fingerprint density at radius 3 is 2.39 bits per heavy atom. The number of ether oxygens (including phenoxy) is 1. The number of aromatic nitrogens is 2. The van der Waals surface area contributed by atoms with Crippen LogP contribution in [0.25, 0.3) is 5.69 Å². The third-order valence-corrected chi connectivity index (χ3v) is 7.85. The van der Waals surface area contributed by atoms with Crippen LogP contribution in [0, 0.1) is 18.7 Å². The lowest BCUT2D eigenvalue weighted by molar-refractivity contribution is -0.120. The summed E-state index contributed by atoms with van der Waals surface area (Å²) < 4.78 is 50.0. The van der Waals surface area contributed by atoms with Crippen LogP contribution in [0.5, 0.6) is 11.6 Å². The number of hydrogen-bond acceptors (Lipinski definition) is 6. The lowest BCUT2D eigenvalue weighted by Gasteiger charge is -2.17. The highest BCUT2D eigenvalue weighted by molar-refractivity contribution is 7.89. The number of aromatic carboxylic acids is 1. The Hall–Kier alpha value is -3.77. The fourth-order valence-electron chi connectivity index (χ4n) is 3.93. The van der Waals surface area contributed by atoms with Gasteiger partial charge in [-0.3, -0.25) is 4.79 Å². The minimum Gasteiger partial charge on any atom is -0.476 e. The molecular formula is C26H29FN4O6S. The summed E-state index contributed by atoms with van der Waals surface area (Å²) in [5, 5.41) is 16.5. The van der Waals surface area contributed by atoms with Crippen LogP contribution >= 0.6 is 0 Å². The van der Waals surface area contributed by atoms with E-state index in [0.29, 0.717) is 31.4 Å². The Labute approximate surface area is 219 Å². The molecule has 0 radical (unpaired) electrons. The van der Waals surface area contributed by atoms with Gasteiger partial charge in [0.25, 0.3) is 0 Å². The quantitative estimate of drug-likeness (QED) is 0.320. The van der Waals surface area contributed by atoms with Crippen LogP contribution in [0.2, 0.25) is 0 Å². The third-order valence-electron chi connectivity index (χ3n) is 6.31. The fraction of sp³-hybridized carbons (Fsp3) is 0.346. The van der Waals surface area contributed by atoms with Gasteiger partial charge in [0.2, 0.25) is 21.8 Å². The third kappa shape index (κ3) is 5.86. The van der Waals surface area contributed by atoms with Crippen molar-refractivity contribution < 1.29 is 32.2 Å². The van der Waals surface area contributed by atoms with Crippen LogP contribution in [0.4, 0.5) is 10.1 Å². The summed E-state index contributed by atoms with van der Waals surface area (Å²) in [6.07, 6.45) is 2.69. The fourth-order valence-corrected chi connectivity index (χ4v) is 5.39. The molecular weight excluding hydrogens is 515 g/mol. The number of benzene rings is 2. The average molecular weight is 545 g/mol. The number of carboxylic acids is 1. The second kappa shape index (κ2) is 10.9. The minimum atomic E-state index is -4.06. The number of amides is 1. The van der Waals surface area contributed by atoms with Gasteiger partial charge in [-0.25, -0.2) is 22.3 Å². The van der Waals surface area contributed by atoms with E-state index in [2.05, 4.69) is 15.1 Å². The molecule has 10 nitrogen and oxygen atoms in total. The summed E-state index contributed by atoms with van der Waals surface area (Å²) in [5.74, 6) is -2.40. The first kappa shape index (κ1) is 27.3. The molecule has 3 N–H and O–H groups in total. The van der Waals surface area contributed by atoms with Gasteiger partial charge in [0.1, 0.15) is 16.5 Å². The van der Waals surface area contributed by atoms with Crippen LogP contribution in [-0.4, -0.2) is 41.2 Å². The minimum absolute atomic E-state index is 0.0503. The molecule has 12 heteroatoms. The maximum Gasteiger partial charge on any atom is 0.356 e. The van der Waals surface area contributed by atoms with Gasteiger partial charge in [-0.2, -0.15) is 9.78 Å². The second-order valence-electron chi connectivity index (χ2n) is 9.13. The van der Waals surface area contributed by atoms with Crippen LogP contribution < -0.4 is 14.8 Å². The monoisotopic (exact) mass is 544 g/mol. The van der Waals surface area contributed by atoms with Gasteiger partial charge in [-0.15, -0.1) is 0 Å². The van der Waals surface area contributed by atoms with Crippen molar-refractivity contribution in [1.29, 1.82) is 0 Å². The van der Waals surface area contributed by atoms with E-state index in [1.807, 2.05) is 13.8 Å². The number of nitrogens with one attached hydrogen (secondary N) is 2. The molecule has 0 aliphatic heterocycles. The van der Waals surface area contributed by atoms with E-state index in [-0.39, 0.29) is 51.3 Å². The number of carbonyl (C=O) groups is 2. The van der Waals surface area contributed by atoms with Crippen molar-refractivity contribution >= 4 is 27.6 Å². The maximum absolute atomic E-state index is 13.5. The van der Waals surface area contributed by atoms with E-state index in [1.165, 1.54) is 54.1 Å². The number of rotatable bonds is 11. The molecule has 0 atom stereocenters. The van der Waals surface area contributed by atoms with Crippen molar-refractivity contribution in [2.75, 3.05) is 5.32 Å². The highest BCUT2D eigenvalue weighted by Gasteiger charge is 2.31. The molecule has 1 aromatic heterocycles. The zero-order valence-corrected chi connectivity index (χ0v) is 22.0. The van der Waals surface area contributed by atoms with Crippen molar-refractivity contribution in [3.63, 3.8) is 0 Å². The first-order valence-electron chi connectivity index (χ1n) is 12.3. The molecule has 0 bridgehead atoms. The highest BCUT2D eigenvalue weighted by atomic mass is 32.2. The summed E-state index contributed by atoms with van der Waals surface area (Å²) in [6, 6.07) is 9.18. The number of halogens is 1. The van der Waals surface area contributed by atoms with Gasteiger partial charge in [-0.1, -0.05) is 13.8 Å². The number of anilines is 1. The molecule has 38 heavy (non-hydrogen) atoms. The van der Waals surface area contributed by atoms with Crippen molar-refractivity contribution in [3.8, 4) is 17.3 Å². The summed E-state index contributed by atoms with van der Waals surface area (Å²) in [5.41, 5.74) is 0.428. The molecule has 2 aromatic carbocycles. The SMILES string of the molecule is CCC(CC)C(=O)Nc1ccc(Oc2c(C)c(C(=O)O)nn2-c2ccc(F)cc2)c(S(=O)(=O)NC2CC2)c1. The standard InChI is InChI=1S/C26H29FN4O6S/c1-4-16(5-2)24(32)28-19-10-13-21(22(14-19)38(35,36)30-18-8-9-18)37-25-15(3)23(26(33)34)29-31(25)20-11-6-17(27)7-12-20/h6-7,10-14,16,18,30H,4-5,8-9H2,1-3H3,(H,28,32)(H,33,34). The molecule has 0 unspecified atom stereocenters. The van der Waals surface area contributed by atoms with Gasteiger partial charge < -0.3 is 15.2 Å². The summed E-state index contributed by atoms with van der Waals surface area (Å²) >= 11 is 0. The zero-order valence-electron chi connectivity index (χ0n) is 21.2. The van der Waals surface area contributed by atoms with E-state index in [1.54, 1.807) is 0 Å². The molecule has 0 spiro atoms. The second-order valence-corrected chi connectivity index (χ2v) is 10.8. The van der Waals surface area contributed by atoms with Crippen LogP contribution in [-0.2, 0) is 14.8 Å². The number of carbonyl (C=O) groups excluding carboxylic acids is 1. The van der Waals surface area contributed by atoms with Crippen molar-refractivity contribution in [3.05, 3.63) is 59.5 Å². The smallest absolute Gasteiger partial charge is 0.356 e. The largest absolute Gasteiger partial charge is 0.476 e. The molecule has 3 aromatic rings. The Morgan fingerprint density at radius 2 is 1.82 bits per heavy atom. The molecule has 1 fully saturated rings. The Balaban J connectivity index is 1.79. The lowest BCUT2D eigenvalue weighted by atomic mass is 10.0. The molecule has 0 saturated heterocycles. The number of carboxylic acid groups (broad SMARTS) is 1. The molecule has 202 valence electrons. The van der Waals surface area contributed by atoms with Crippen molar-refractivity contribution in [2.24, 2.45) is 5.92 Å². The van der Waals surface area contributed by atoms with Gasteiger partial charge in [0.15, 0.2) is 5.69 Å². The topological polar surface area (TPSA) is 140 Å². The Morgan fingerprint density at radius 1 is 1.16 bits per heavy atom. The van der Waals surface area contributed by atoms with Crippen molar-refractivity contribution in [1.82, 2.24) is 14.5 Å². The summed E-state index contributed by atoms with van der Waals surface area (Å²) in [6.45, 7) is 5.28. The first-order chi connectivity index (χ1) is 18.0. The van der Waals surface area contributed by atoms with Crippen LogP contribution in [0.3, 0.4) is 0 Å². The lowest BCUT2D eigenvalue weighted by Crippen LogP contribution is -2.26. The maximum atomic E-state index is 13.5. The Kier molecular flexibility index (Phi) is 7.83. The van der Waals surface area contributed by atoms with E-state index in [0.717, 1.165) is 0 Å². The number of sulfonamides is 1. The van der Waals surface area contributed by atoms with Crippen LogP contribution in [0.15, 0.2) is 47.4 Å². The van der Waals surface area contributed by atoms with Crippen LogP contribution in [0.1, 0.15) is 55.6 Å². The number of hydrogen-bond donors (Lipinski definition) is 3. The Bertz CT molecular complexity index is 1460. The van der Waals surface area contributed by atoms with Gasteiger partial charge in [0.05, 0.1) is 5.69 Å². The van der Waals surface area contributed by atoms with Gasteiger partial charge in [0, 0.05) is 23.2 Å². The molecule has 1 amide bonds. The molecule has 1 saturated carbocycles. The molecule has 1 aliphatic carbocycles. The first-order valence-corrected chi connectivity index (χ1v) is 13.8. The molecule has 4 rings (SSSR count). The zero-order chi connectivity index (χ0) is 27.6. The number of nitrogens with zero attached hydrogens (tertiary/aromatic N) is 2. The normalized spacial score (nSPS) is 13.5. The van der Waals surface area contributed by atoms with E-state index in [4.69, 9.17) is 4.74 Å². The predicted molar refractivity (Wildman–Crippen MR) is 138 cm³/mol.